The van der Waals surface area contributed by atoms with Gasteiger partial charge in [-0.3, -0.25) is 9.59 Å². The van der Waals surface area contributed by atoms with Gasteiger partial charge in [-0.25, -0.2) is 0 Å². The maximum atomic E-state index is 11.9. The van der Waals surface area contributed by atoms with Gasteiger partial charge in [0.25, 0.3) is 5.91 Å². The van der Waals surface area contributed by atoms with Gasteiger partial charge in [0.2, 0.25) is 5.91 Å². The fourth-order valence-electron chi connectivity index (χ4n) is 1.30. The minimum Gasteiger partial charge on any atom is -0.352 e. The molecule has 0 fully saturated rings. The first kappa shape index (κ1) is 15.9. The van der Waals surface area contributed by atoms with Crippen LogP contribution < -0.4 is 10.6 Å². The average molecular weight is 303 g/mol. The molecule has 96 valence electrons. The molecule has 0 aromatic rings. The summed E-state index contributed by atoms with van der Waals surface area (Å²) in [6.07, 6.45) is 2.29. The zero-order valence-corrected chi connectivity index (χ0v) is 12.3. The highest BCUT2D eigenvalue weighted by Crippen LogP contribution is 2.13. The Hall–Kier alpha value is -1.10. The van der Waals surface area contributed by atoms with Gasteiger partial charge in [0, 0.05) is 19.2 Å². The lowest BCUT2D eigenvalue weighted by molar-refractivity contribution is -0.118. The lowest BCUT2D eigenvalue weighted by atomic mass is 10.1. The third-order valence-corrected chi connectivity index (χ3v) is 2.16. The molecule has 0 saturated carbocycles. The first-order chi connectivity index (χ1) is 7.92. The maximum absolute atomic E-state index is 11.9. The molecular formula is C12H19BrN2O2. The normalized spacial score (nSPS) is 12.9. The van der Waals surface area contributed by atoms with Crippen LogP contribution in [0.1, 0.15) is 34.1 Å². The highest BCUT2D eigenvalue weighted by Gasteiger charge is 2.12. The van der Waals surface area contributed by atoms with Crippen LogP contribution in [-0.2, 0) is 9.59 Å². The second-order valence-electron chi connectivity index (χ2n) is 3.52. The molecule has 0 aliphatic carbocycles. The van der Waals surface area contributed by atoms with E-state index in [1.165, 1.54) is 6.92 Å². The van der Waals surface area contributed by atoms with Crippen molar-refractivity contribution in [2.75, 3.05) is 6.54 Å². The van der Waals surface area contributed by atoms with Crippen molar-refractivity contribution in [1.29, 1.82) is 0 Å². The molecule has 2 N–H and O–H groups in total. The van der Waals surface area contributed by atoms with Crippen LogP contribution in [0, 0.1) is 0 Å². The number of halogens is 1. The highest BCUT2D eigenvalue weighted by molar-refractivity contribution is 9.11. The van der Waals surface area contributed by atoms with Crippen LogP contribution in [0.25, 0.3) is 0 Å². The van der Waals surface area contributed by atoms with Crippen molar-refractivity contribution in [2.45, 2.75) is 34.1 Å². The minimum atomic E-state index is -0.183. The molecule has 4 nitrogen and oxygen atoms in total. The average Bonchev–Trinajstić information content (AvgIpc) is 2.22. The zero-order chi connectivity index (χ0) is 13.4. The fourth-order valence-corrected chi connectivity index (χ4v) is 1.53. The molecule has 0 spiro atoms. The van der Waals surface area contributed by atoms with Crippen molar-refractivity contribution in [3.63, 3.8) is 0 Å². The van der Waals surface area contributed by atoms with Gasteiger partial charge in [-0.05, 0) is 30.8 Å². The first-order valence-corrected chi connectivity index (χ1v) is 6.34. The fraction of sp³-hybridized carbons (Fsp3) is 0.500. The lowest BCUT2D eigenvalue weighted by Gasteiger charge is -2.11. The summed E-state index contributed by atoms with van der Waals surface area (Å²) in [5.74, 6) is -0.360. The maximum Gasteiger partial charge on any atom is 0.253 e. The number of amides is 2. The van der Waals surface area contributed by atoms with Crippen molar-refractivity contribution < 1.29 is 9.59 Å². The topological polar surface area (TPSA) is 58.2 Å². The Balaban J connectivity index is 5.36. The Morgan fingerprint density at radius 2 is 1.82 bits per heavy atom. The molecule has 0 aliphatic heterocycles. The van der Waals surface area contributed by atoms with Gasteiger partial charge in [0.05, 0.1) is 5.57 Å². The predicted octanol–water partition coefficient (Wildman–Crippen LogP) is 2.22. The molecule has 0 radical (unpaired) electrons. The lowest BCUT2D eigenvalue weighted by Crippen LogP contribution is -2.29. The van der Waals surface area contributed by atoms with Crippen molar-refractivity contribution >= 4 is 27.7 Å². The van der Waals surface area contributed by atoms with Crippen LogP contribution in [-0.4, -0.2) is 18.4 Å². The van der Waals surface area contributed by atoms with Crippen molar-refractivity contribution in [3.8, 4) is 0 Å². The standard InChI is InChI=1S/C12H19BrN2O2/c1-5-11(15-9(4)16)10(7-8(3)13)12(17)14-6-2/h7H,5-6H2,1-4H3,(H,14,17)(H,15,16). The highest BCUT2D eigenvalue weighted by atomic mass is 79.9. The van der Waals surface area contributed by atoms with Crippen LogP contribution in [0.15, 0.2) is 21.8 Å². The van der Waals surface area contributed by atoms with Gasteiger partial charge >= 0.3 is 0 Å². The van der Waals surface area contributed by atoms with E-state index in [0.717, 1.165) is 4.48 Å². The predicted molar refractivity (Wildman–Crippen MR) is 72.5 cm³/mol. The molecule has 17 heavy (non-hydrogen) atoms. The second-order valence-corrected chi connectivity index (χ2v) is 4.77. The van der Waals surface area contributed by atoms with Crippen molar-refractivity contribution in [3.05, 3.63) is 21.8 Å². The van der Waals surface area contributed by atoms with Crippen LogP contribution in [0.3, 0.4) is 0 Å². The minimum absolute atomic E-state index is 0.177. The number of nitrogens with one attached hydrogen (secondary N) is 2. The molecule has 0 aromatic heterocycles. The molecule has 0 aliphatic rings. The smallest absolute Gasteiger partial charge is 0.253 e. The second kappa shape index (κ2) is 8.06. The molecule has 0 heterocycles. The van der Waals surface area contributed by atoms with Gasteiger partial charge in [0.15, 0.2) is 0 Å². The summed E-state index contributed by atoms with van der Waals surface area (Å²) < 4.78 is 0.829. The van der Waals surface area contributed by atoms with Gasteiger partial charge in [-0.2, -0.15) is 0 Å². The van der Waals surface area contributed by atoms with E-state index in [4.69, 9.17) is 0 Å². The molecule has 5 heteroatoms. The molecular weight excluding hydrogens is 284 g/mol. The molecule has 0 unspecified atom stereocenters. The van der Waals surface area contributed by atoms with E-state index in [1.54, 1.807) is 6.08 Å². The number of rotatable bonds is 5. The van der Waals surface area contributed by atoms with E-state index in [2.05, 4.69) is 26.6 Å². The molecule has 0 atom stereocenters. The van der Waals surface area contributed by atoms with Gasteiger partial charge in [-0.15, -0.1) is 0 Å². The Kier molecular flexibility index (Phi) is 7.54. The summed E-state index contributed by atoms with van der Waals surface area (Å²) in [6.45, 7) is 7.55. The Morgan fingerprint density at radius 1 is 1.24 bits per heavy atom. The van der Waals surface area contributed by atoms with Crippen LogP contribution in [0.2, 0.25) is 0 Å². The number of allylic oxidation sites excluding steroid dienone is 2. The van der Waals surface area contributed by atoms with E-state index in [0.29, 0.717) is 24.2 Å². The third kappa shape index (κ3) is 6.26. The SMILES string of the molecule is CCNC(=O)C(C=C(C)Br)=C(CC)NC(C)=O. The molecule has 0 saturated heterocycles. The van der Waals surface area contributed by atoms with Gasteiger partial charge < -0.3 is 10.6 Å². The summed E-state index contributed by atoms with van der Waals surface area (Å²) in [4.78, 5) is 22.9. The summed E-state index contributed by atoms with van der Waals surface area (Å²) in [7, 11) is 0. The van der Waals surface area contributed by atoms with Crippen molar-refractivity contribution in [1.82, 2.24) is 10.6 Å². The van der Waals surface area contributed by atoms with E-state index in [1.807, 2.05) is 20.8 Å². The molecule has 2 amide bonds. The number of hydrogen-bond donors (Lipinski definition) is 2. The van der Waals surface area contributed by atoms with Gasteiger partial charge in [-0.1, -0.05) is 22.9 Å². The molecule has 0 rings (SSSR count). The molecule has 0 bridgehead atoms. The van der Waals surface area contributed by atoms with E-state index in [-0.39, 0.29) is 11.8 Å². The summed E-state index contributed by atoms with van der Waals surface area (Å²) >= 11 is 3.29. The number of likely N-dealkylation sites (N-methyl/N-ethyl adjacent to an activating group) is 1. The van der Waals surface area contributed by atoms with E-state index >= 15 is 0 Å². The summed E-state index contributed by atoms with van der Waals surface area (Å²) in [6, 6.07) is 0. The van der Waals surface area contributed by atoms with E-state index in [9.17, 15) is 9.59 Å². The van der Waals surface area contributed by atoms with E-state index < -0.39 is 0 Å². The number of carbonyl (C=O) groups is 2. The number of carbonyl (C=O) groups excluding carboxylic acids is 2. The van der Waals surface area contributed by atoms with Crippen molar-refractivity contribution in [2.24, 2.45) is 0 Å². The Bertz CT molecular complexity index is 356. The Labute approximate surface area is 111 Å². The van der Waals surface area contributed by atoms with Gasteiger partial charge in [0.1, 0.15) is 0 Å². The quantitative estimate of drug-likeness (QED) is 0.604. The van der Waals surface area contributed by atoms with Crippen LogP contribution in [0.5, 0.6) is 0 Å². The zero-order valence-electron chi connectivity index (χ0n) is 10.7. The van der Waals surface area contributed by atoms with Crippen LogP contribution >= 0.6 is 15.9 Å². The summed E-state index contributed by atoms with van der Waals surface area (Å²) in [5.41, 5.74) is 1.11. The third-order valence-electron chi connectivity index (χ3n) is 1.93. The largest absolute Gasteiger partial charge is 0.352 e. The Morgan fingerprint density at radius 3 is 2.18 bits per heavy atom. The molecule has 0 aromatic carbocycles. The first-order valence-electron chi connectivity index (χ1n) is 5.55. The number of hydrogen-bond acceptors (Lipinski definition) is 2. The van der Waals surface area contributed by atoms with Crippen LogP contribution in [0.4, 0.5) is 0 Å². The summed E-state index contributed by atoms with van der Waals surface area (Å²) in [5, 5.41) is 5.41. The monoisotopic (exact) mass is 302 g/mol.